The second-order valence-corrected chi connectivity index (χ2v) is 9.36. The normalized spacial score (nSPS) is 11.7. The number of anilines is 4. The van der Waals surface area contributed by atoms with Crippen LogP contribution in [-0.2, 0) is 20.0 Å². The molecule has 2 rings (SSSR count). The summed E-state index contributed by atoms with van der Waals surface area (Å²) in [6, 6.07) is 7.11. The molecule has 28 heavy (non-hydrogen) atoms. The molecular weight excluding hydrogens is 413 g/mol. The molecule has 0 atom stereocenters. The Balaban J connectivity index is 2.55. The van der Waals surface area contributed by atoms with Gasteiger partial charge in [-0.05, 0) is 36.4 Å². The van der Waals surface area contributed by atoms with Crippen molar-refractivity contribution in [1.82, 2.24) is 0 Å². The first kappa shape index (κ1) is 21.6. The van der Waals surface area contributed by atoms with Gasteiger partial charge in [-0.25, -0.2) is 16.8 Å². The fourth-order valence-electron chi connectivity index (χ4n) is 2.33. The van der Waals surface area contributed by atoms with Crippen molar-refractivity contribution in [3.05, 3.63) is 36.4 Å². The highest BCUT2D eigenvalue weighted by Crippen LogP contribution is 2.36. The van der Waals surface area contributed by atoms with Crippen molar-refractivity contribution >= 4 is 50.0 Å². The van der Waals surface area contributed by atoms with E-state index in [9.17, 15) is 37.1 Å². The molecule has 0 saturated heterocycles. The maximum Gasteiger partial charge on any atom is 0.592 e. The Hall–Kier alpha value is -2.68. The van der Waals surface area contributed by atoms with Crippen LogP contribution in [0.2, 0.25) is 0 Å². The Labute approximate surface area is 162 Å². The zero-order chi connectivity index (χ0) is 21.3. The van der Waals surface area contributed by atoms with Crippen molar-refractivity contribution in [2.75, 3.05) is 26.8 Å². The number of sulfonamides is 2. The lowest BCUT2D eigenvalue weighted by Gasteiger charge is -2.25. The van der Waals surface area contributed by atoms with E-state index in [1.165, 1.54) is 12.1 Å². The van der Waals surface area contributed by atoms with E-state index in [2.05, 4.69) is 9.44 Å². The number of hydrogen-bond donors (Lipinski definition) is 6. The Bertz CT molecular complexity index is 1010. The molecule has 0 saturated carbocycles. The first-order chi connectivity index (χ1) is 12.8. The number of phenolic OH excluding ortho intramolecular Hbond substituents is 2. The number of rotatable bonds is 7. The van der Waals surface area contributed by atoms with E-state index < -0.39 is 38.8 Å². The van der Waals surface area contributed by atoms with E-state index in [0.29, 0.717) is 0 Å². The first-order valence-corrected chi connectivity index (χ1v) is 11.3. The summed E-state index contributed by atoms with van der Waals surface area (Å²) in [5.74, 6) is -0.793. The summed E-state index contributed by atoms with van der Waals surface area (Å²) in [4.78, 5) is 0.903. The zero-order valence-corrected chi connectivity index (χ0v) is 16.4. The molecule has 0 amide bonds. The van der Waals surface area contributed by atoms with Gasteiger partial charge in [0.05, 0.1) is 23.9 Å². The topological polar surface area (TPSA) is 176 Å². The Kier molecular flexibility index (Phi) is 5.98. The van der Waals surface area contributed by atoms with Crippen LogP contribution < -0.4 is 14.3 Å². The highest BCUT2D eigenvalue weighted by Gasteiger charge is 2.25. The Morgan fingerprint density at radius 3 is 1.43 bits per heavy atom. The fourth-order valence-corrected chi connectivity index (χ4v) is 3.45. The van der Waals surface area contributed by atoms with Crippen molar-refractivity contribution in [2.24, 2.45) is 0 Å². The van der Waals surface area contributed by atoms with Gasteiger partial charge in [-0.15, -0.1) is 0 Å². The molecule has 0 aliphatic rings. The van der Waals surface area contributed by atoms with E-state index in [4.69, 9.17) is 0 Å². The zero-order valence-electron chi connectivity index (χ0n) is 14.7. The van der Waals surface area contributed by atoms with Gasteiger partial charge in [0.2, 0.25) is 20.0 Å². The molecule has 6 N–H and O–H groups in total. The lowest BCUT2D eigenvalue weighted by atomic mass is 10.0. The SMILES string of the molecule is CS(=O)(=O)Nc1cc(N(B(O)O)c2ccc(O)c(NS(C)(=O)=O)c2)ccc1O. The van der Waals surface area contributed by atoms with Crippen LogP contribution in [0.3, 0.4) is 0 Å². The average molecular weight is 431 g/mol. The highest BCUT2D eigenvalue weighted by atomic mass is 32.2. The quantitative estimate of drug-likeness (QED) is 0.259. The van der Waals surface area contributed by atoms with Gasteiger partial charge in [0.15, 0.2) is 0 Å². The first-order valence-electron chi connectivity index (χ1n) is 7.54. The summed E-state index contributed by atoms with van der Waals surface area (Å²) in [7, 11) is -9.57. The van der Waals surface area contributed by atoms with Crippen LogP contribution in [0.4, 0.5) is 22.7 Å². The van der Waals surface area contributed by atoms with Crippen molar-refractivity contribution in [3.63, 3.8) is 0 Å². The molecule has 152 valence electrons. The van der Waals surface area contributed by atoms with Gasteiger partial charge in [0, 0.05) is 11.4 Å². The minimum absolute atomic E-state index is 0.0509. The summed E-state index contributed by atoms with van der Waals surface area (Å²) in [6.07, 6.45) is 1.75. The van der Waals surface area contributed by atoms with Crippen LogP contribution in [0.1, 0.15) is 0 Å². The molecule has 0 aliphatic heterocycles. The van der Waals surface area contributed by atoms with E-state index in [1.54, 1.807) is 0 Å². The summed E-state index contributed by atoms with van der Waals surface area (Å²) in [5, 5.41) is 39.2. The minimum atomic E-state index is -3.72. The highest BCUT2D eigenvalue weighted by molar-refractivity contribution is 7.92. The number of nitrogens with one attached hydrogen (secondary N) is 2. The number of aromatic hydroxyl groups is 2. The Morgan fingerprint density at radius 2 is 1.14 bits per heavy atom. The fraction of sp³-hybridized carbons (Fsp3) is 0.143. The van der Waals surface area contributed by atoms with Gasteiger partial charge in [0.25, 0.3) is 0 Å². The molecule has 14 heteroatoms. The summed E-state index contributed by atoms with van der Waals surface area (Å²) < 4.78 is 49.9. The minimum Gasteiger partial charge on any atom is -0.506 e. The van der Waals surface area contributed by atoms with E-state index >= 15 is 0 Å². The maximum absolute atomic E-state index is 11.4. The van der Waals surface area contributed by atoms with Crippen LogP contribution in [0.5, 0.6) is 11.5 Å². The molecule has 0 aliphatic carbocycles. The van der Waals surface area contributed by atoms with Crippen LogP contribution in [0, 0.1) is 0 Å². The molecule has 0 spiro atoms. The van der Waals surface area contributed by atoms with Crippen LogP contribution in [0.15, 0.2) is 36.4 Å². The molecule has 11 nitrogen and oxygen atoms in total. The number of hydrogen-bond acceptors (Lipinski definition) is 9. The standard InChI is InChI=1S/C14H18BN3O8S2/c1-27(23,24)16-11-7-9(3-5-13(11)19)18(15(21)22)10-4-6-14(20)12(8-10)17-28(2,25)26/h3-8,16-17,19-22H,1-2H3. The molecule has 0 radical (unpaired) electrons. The van der Waals surface area contributed by atoms with Gasteiger partial charge in [-0.2, -0.15) is 0 Å². The van der Waals surface area contributed by atoms with E-state index in [1.807, 2.05) is 0 Å². The van der Waals surface area contributed by atoms with Crippen LogP contribution in [-0.4, -0.2) is 56.9 Å². The van der Waals surface area contributed by atoms with Gasteiger partial charge < -0.3 is 25.1 Å². The van der Waals surface area contributed by atoms with Crippen molar-refractivity contribution in [2.45, 2.75) is 0 Å². The van der Waals surface area contributed by atoms with Crippen LogP contribution in [0.25, 0.3) is 0 Å². The predicted octanol–water partition coefficient (Wildman–Crippen LogP) is -0.0516. The third-order valence-electron chi connectivity index (χ3n) is 3.34. The summed E-state index contributed by atoms with van der Waals surface area (Å²) in [6.45, 7) is 0. The lowest BCUT2D eigenvalue weighted by molar-refractivity contribution is 0.407. The molecule has 0 fully saturated rings. The lowest BCUT2D eigenvalue weighted by Crippen LogP contribution is -2.35. The molecular formula is C14H18BN3O8S2. The van der Waals surface area contributed by atoms with E-state index in [0.717, 1.165) is 41.6 Å². The number of nitrogens with zero attached hydrogens (tertiary/aromatic N) is 1. The molecule has 0 unspecified atom stereocenters. The van der Waals surface area contributed by atoms with Gasteiger partial charge >= 0.3 is 7.25 Å². The molecule has 0 aromatic heterocycles. The molecule has 2 aromatic rings. The van der Waals surface area contributed by atoms with Crippen molar-refractivity contribution in [3.8, 4) is 11.5 Å². The van der Waals surface area contributed by atoms with Gasteiger partial charge in [0.1, 0.15) is 11.5 Å². The Morgan fingerprint density at radius 1 is 0.786 bits per heavy atom. The third kappa shape index (κ3) is 5.66. The van der Waals surface area contributed by atoms with Crippen molar-refractivity contribution < 1.29 is 37.1 Å². The average Bonchev–Trinajstić information content (AvgIpc) is 2.50. The summed E-state index contributed by atoms with van der Waals surface area (Å²) in [5.41, 5.74) is -0.317. The largest absolute Gasteiger partial charge is 0.592 e. The van der Waals surface area contributed by atoms with E-state index in [-0.39, 0.29) is 22.7 Å². The number of benzene rings is 2. The molecule has 0 bridgehead atoms. The molecule has 0 heterocycles. The second kappa shape index (κ2) is 7.75. The summed E-state index contributed by atoms with van der Waals surface area (Å²) >= 11 is 0. The third-order valence-corrected chi connectivity index (χ3v) is 4.52. The molecule has 2 aromatic carbocycles. The van der Waals surface area contributed by atoms with Crippen LogP contribution >= 0.6 is 0 Å². The predicted molar refractivity (Wildman–Crippen MR) is 105 cm³/mol. The second-order valence-electron chi connectivity index (χ2n) is 5.87. The smallest absolute Gasteiger partial charge is 0.506 e. The van der Waals surface area contributed by atoms with Crippen molar-refractivity contribution in [1.29, 1.82) is 0 Å². The van der Waals surface area contributed by atoms with Gasteiger partial charge in [-0.3, -0.25) is 9.44 Å². The maximum atomic E-state index is 11.4. The monoisotopic (exact) mass is 431 g/mol. The van der Waals surface area contributed by atoms with Gasteiger partial charge in [-0.1, -0.05) is 0 Å². The number of phenols is 2.